The van der Waals surface area contributed by atoms with Crippen LogP contribution >= 0.6 is 0 Å². The zero-order chi connectivity index (χ0) is 17.2. The second kappa shape index (κ2) is 9.88. The van der Waals surface area contributed by atoms with Gasteiger partial charge in [-0.1, -0.05) is 13.8 Å². The first-order valence-electron chi connectivity index (χ1n) is 7.01. The molecule has 0 fully saturated rings. The van der Waals surface area contributed by atoms with E-state index in [1.807, 2.05) is 0 Å². The molecule has 8 heteroatoms. The Kier molecular flexibility index (Phi) is 9.00. The van der Waals surface area contributed by atoms with Crippen molar-refractivity contribution in [3.05, 3.63) is 0 Å². The summed E-state index contributed by atoms with van der Waals surface area (Å²) < 4.78 is 13.8. The topological polar surface area (TPSA) is 116 Å². The van der Waals surface area contributed by atoms with Gasteiger partial charge in [-0.25, -0.2) is 4.79 Å². The Balaban J connectivity index is 4.95. The molecule has 0 heterocycles. The predicted octanol–water partition coefficient (Wildman–Crippen LogP) is 0.494. The van der Waals surface area contributed by atoms with Crippen molar-refractivity contribution >= 4 is 23.9 Å². The maximum absolute atomic E-state index is 11.8. The second-order valence-corrected chi connectivity index (χ2v) is 4.71. The highest BCUT2D eigenvalue weighted by atomic mass is 16.6. The summed E-state index contributed by atoms with van der Waals surface area (Å²) in [5.41, 5.74) is -2.50. The van der Waals surface area contributed by atoms with Crippen LogP contribution in [0.15, 0.2) is 0 Å². The number of esters is 4. The standard InChI is InChI=1S/C14H22O8/c1-4-6-20-11(16)8-14(19,13(18)22-10(3)15)9-12(17)21-7-5-2/h19H,4-9H2,1-3H3. The van der Waals surface area contributed by atoms with Gasteiger partial charge in [0.2, 0.25) is 0 Å². The molecule has 22 heavy (non-hydrogen) atoms. The van der Waals surface area contributed by atoms with E-state index in [9.17, 15) is 24.3 Å². The van der Waals surface area contributed by atoms with Crippen molar-refractivity contribution in [3.8, 4) is 0 Å². The van der Waals surface area contributed by atoms with Gasteiger partial charge in [-0.3, -0.25) is 14.4 Å². The van der Waals surface area contributed by atoms with E-state index in [0.717, 1.165) is 6.92 Å². The third kappa shape index (κ3) is 7.72. The first-order valence-corrected chi connectivity index (χ1v) is 7.01. The highest BCUT2D eigenvalue weighted by Crippen LogP contribution is 2.20. The number of hydrogen-bond acceptors (Lipinski definition) is 8. The van der Waals surface area contributed by atoms with Gasteiger partial charge in [0.1, 0.15) is 0 Å². The van der Waals surface area contributed by atoms with Crippen LogP contribution in [0.3, 0.4) is 0 Å². The molecule has 0 aromatic carbocycles. The average molecular weight is 318 g/mol. The first-order chi connectivity index (χ1) is 10.2. The monoisotopic (exact) mass is 318 g/mol. The van der Waals surface area contributed by atoms with Gasteiger partial charge in [0, 0.05) is 6.92 Å². The summed E-state index contributed by atoms with van der Waals surface area (Å²) in [6, 6.07) is 0. The summed E-state index contributed by atoms with van der Waals surface area (Å²) in [7, 11) is 0. The van der Waals surface area contributed by atoms with Crippen LogP contribution < -0.4 is 0 Å². The summed E-state index contributed by atoms with van der Waals surface area (Å²) in [5.74, 6) is -4.12. The van der Waals surface area contributed by atoms with Gasteiger partial charge in [0.25, 0.3) is 0 Å². The van der Waals surface area contributed by atoms with Crippen molar-refractivity contribution in [2.24, 2.45) is 0 Å². The number of carbonyl (C=O) groups excluding carboxylic acids is 4. The van der Waals surface area contributed by atoms with Crippen molar-refractivity contribution in [2.45, 2.75) is 52.1 Å². The van der Waals surface area contributed by atoms with E-state index < -0.39 is 42.3 Å². The first kappa shape index (κ1) is 20.0. The Labute approximate surface area is 128 Å². The van der Waals surface area contributed by atoms with Gasteiger partial charge >= 0.3 is 23.9 Å². The third-order valence-corrected chi connectivity index (χ3v) is 2.42. The zero-order valence-corrected chi connectivity index (χ0v) is 13.0. The third-order valence-electron chi connectivity index (χ3n) is 2.42. The van der Waals surface area contributed by atoms with Crippen LogP contribution in [0, 0.1) is 0 Å². The number of hydrogen-bond donors (Lipinski definition) is 1. The molecule has 0 unspecified atom stereocenters. The van der Waals surface area contributed by atoms with E-state index in [1.165, 1.54) is 0 Å². The van der Waals surface area contributed by atoms with E-state index in [-0.39, 0.29) is 13.2 Å². The molecule has 0 rings (SSSR count). The molecule has 0 aromatic heterocycles. The Morgan fingerprint density at radius 3 is 1.64 bits per heavy atom. The molecule has 0 aromatic rings. The molecule has 0 aliphatic carbocycles. The Morgan fingerprint density at radius 1 is 0.909 bits per heavy atom. The number of carbonyl (C=O) groups is 4. The van der Waals surface area contributed by atoms with Gasteiger partial charge in [0.15, 0.2) is 5.60 Å². The SMILES string of the molecule is CCCOC(=O)CC(O)(CC(=O)OCCC)C(=O)OC(C)=O. The van der Waals surface area contributed by atoms with Crippen LogP contribution in [0.4, 0.5) is 0 Å². The molecule has 0 spiro atoms. The number of aliphatic hydroxyl groups is 1. The lowest BCUT2D eigenvalue weighted by atomic mass is 9.95. The van der Waals surface area contributed by atoms with Crippen molar-refractivity contribution in [1.82, 2.24) is 0 Å². The molecular weight excluding hydrogens is 296 g/mol. The number of rotatable bonds is 9. The molecule has 1 N–H and O–H groups in total. The lowest BCUT2D eigenvalue weighted by Crippen LogP contribution is -2.45. The summed E-state index contributed by atoms with van der Waals surface area (Å²) in [4.78, 5) is 45.8. The molecule has 0 bridgehead atoms. The minimum Gasteiger partial charge on any atom is -0.466 e. The highest BCUT2D eigenvalue weighted by molar-refractivity contribution is 5.95. The highest BCUT2D eigenvalue weighted by Gasteiger charge is 2.44. The van der Waals surface area contributed by atoms with Crippen molar-refractivity contribution in [1.29, 1.82) is 0 Å². The van der Waals surface area contributed by atoms with E-state index >= 15 is 0 Å². The predicted molar refractivity (Wildman–Crippen MR) is 73.5 cm³/mol. The van der Waals surface area contributed by atoms with Crippen LogP contribution in [0.25, 0.3) is 0 Å². The molecule has 0 saturated heterocycles. The fourth-order valence-corrected chi connectivity index (χ4v) is 1.44. The van der Waals surface area contributed by atoms with Crippen molar-refractivity contribution < 1.29 is 38.5 Å². The molecule has 0 atom stereocenters. The largest absolute Gasteiger partial charge is 0.466 e. The summed E-state index contributed by atoms with van der Waals surface area (Å²) in [6.07, 6.45) is -0.498. The van der Waals surface area contributed by atoms with E-state index in [1.54, 1.807) is 13.8 Å². The Bertz CT molecular complexity index is 393. The maximum atomic E-state index is 11.8. The minimum absolute atomic E-state index is 0.108. The van der Waals surface area contributed by atoms with Crippen LogP contribution in [0.1, 0.15) is 46.5 Å². The quantitative estimate of drug-likeness (QED) is 0.371. The van der Waals surface area contributed by atoms with Gasteiger partial charge in [-0.2, -0.15) is 0 Å². The van der Waals surface area contributed by atoms with E-state index in [4.69, 9.17) is 9.47 Å². The minimum atomic E-state index is -2.50. The lowest BCUT2D eigenvalue weighted by molar-refractivity contribution is -0.182. The lowest BCUT2D eigenvalue weighted by Gasteiger charge is -2.23. The molecular formula is C14H22O8. The number of ether oxygens (including phenoxy) is 3. The van der Waals surface area contributed by atoms with Gasteiger partial charge in [0.05, 0.1) is 26.1 Å². The van der Waals surface area contributed by atoms with Crippen LogP contribution in [0.5, 0.6) is 0 Å². The van der Waals surface area contributed by atoms with Crippen molar-refractivity contribution in [3.63, 3.8) is 0 Å². The fraction of sp³-hybridized carbons (Fsp3) is 0.714. The summed E-state index contributed by atoms with van der Waals surface area (Å²) in [6.45, 7) is 4.72. The molecule has 0 saturated carbocycles. The summed E-state index contributed by atoms with van der Waals surface area (Å²) >= 11 is 0. The van der Waals surface area contributed by atoms with Crippen LogP contribution in [0.2, 0.25) is 0 Å². The van der Waals surface area contributed by atoms with Crippen LogP contribution in [-0.4, -0.2) is 47.8 Å². The molecule has 8 nitrogen and oxygen atoms in total. The smallest absolute Gasteiger partial charge is 0.346 e. The Morgan fingerprint density at radius 2 is 1.32 bits per heavy atom. The zero-order valence-electron chi connectivity index (χ0n) is 13.0. The summed E-state index contributed by atoms with van der Waals surface area (Å²) in [5, 5.41) is 10.2. The molecule has 0 amide bonds. The molecule has 0 aliphatic heterocycles. The molecule has 0 radical (unpaired) electrons. The fourth-order valence-electron chi connectivity index (χ4n) is 1.44. The van der Waals surface area contributed by atoms with E-state index in [2.05, 4.69) is 4.74 Å². The second-order valence-electron chi connectivity index (χ2n) is 4.71. The van der Waals surface area contributed by atoms with Gasteiger partial charge < -0.3 is 19.3 Å². The van der Waals surface area contributed by atoms with E-state index in [0.29, 0.717) is 12.8 Å². The average Bonchev–Trinajstić information content (AvgIpc) is 2.41. The van der Waals surface area contributed by atoms with Gasteiger partial charge in [-0.15, -0.1) is 0 Å². The molecule has 126 valence electrons. The van der Waals surface area contributed by atoms with Gasteiger partial charge in [-0.05, 0) is 12.8 Å². The van der Waals surface area contributed by atoms with Crippen LogP contribution in [-0.2, 0) is 33.4 Å². The molecule has 0 aliphatic rings. The Hall–Kier alpha value is -1.96. The normalized spacial score (nSPS) is 10.7. The maximum Gasteiger partial charge on any atom is 0.346 e. The van der Waals surface area contributed by atoms with Crippen molar-refractivity contribution in [2.75, 3.05) is 13.2 Å².